The van der Waals surface area contributed by atoms with E-state index in [0.29, 0.717) is 22.7 Å². The molecule has 0 N–H and O–H groups in total. The number of rotatable bonds is 2. The van der Waals surface area contributed by atoms with Gasteiger partial charge in [-0.15, -0.1) is 0 Å². The highest BCUT2D eigenvalue weighted by Crippen LogP contribution is 2.28. The molecule has 1 aromatic heterocycles. The van der Waals surface area contributed by atoms with E-state index in [9.17, 15) is 9.59 Å². The van der Waals surface area contributed by atoms with Crippen LogP contribution in [0.5, 0.6) is 0 Å². The van der Waals surface area contributed by atoms with Crippen LogP contribution in [0.3, 0.4) is 0 Å². The van der Waals surface area contributed by atoms with E-state index in [1.807, 2.05) is 24.3 Å². The molecule has 0 atom stereocenters. The zero-order chi connectivity index (χ0) is 16.0. The minimum absolute atomic E-state index is 0.0538. The molecule has 1 amide bonds. The number of para-hydroxylation sites is 1. The number of hydrogen-bond acceptors (Lipinski definition) is 3. The minimum Gasteiger partial charge on any atom is -0.408 e. The summed E-state index contributed by atoms with van der Waals surface area (Å²) in [5.41, 5.74) is 3.02. The van der Waals surface area contributed by atoms with Crippen molar-refractivity contribution in [3.8, 4) is 0 Å². The van der Waals surface area contributed by atoms with Crippen molar-refractivity contribution in [2.45, 2.75) is 13.0 Å². The predicted octanol–water partition coefficient (Wildman–Crippen LogP) is 2.84. The minimum atomic E-state index is -0.553. The maximum Gasteiger partial charge on any atom is 0.420 e. The van der Waals surface area contributed by atoms with E-state index in [1.165, 1.54) is 4.57 Å². The maximum absolute atomic E-state index is 12.6. The summed E-state index contributed by atoms with van der Waals surface area (Å²) in [6, 6.07) is 12.7. The molecule has 2 aromatic carbocycles. The van der Waals surface area contributed by atoms with Crippen molar-refractivity contribution < 1.29 is 9.21 Å². The Morgan fingerprint density at radius 3 is 2.91 bits per heavy atom. The molecule has 6 heteroatoms. The molecule has 0 saturated heterocycles. The molecule has 1 aliphatic heterocycles. The molecular formula is C17H13ClN2O3. The molecule has 3 aromatic rings. The van der Waals surface area contributed by atoms with Crippen LogP contribution < -0.4 is 10.7 Å². The summed E-state index contributed by atoms with van der Waals surface area (Å²) in [4.78, 5) is 26.4. The molecule has 0 bridgehead atoms. The second kappa shape index (κ2) is 5.28. The summed E-state index contributed by atoms with van der Waals surface area (Å²) < 4.78 is 6.51. The van der Waals surface area contributed by atoms with Gasteiger partial charge in [-0.1, -0.05) is 29.8 Å². The van der Waals surface area contributed by atoms with E-state index in [-0.39, 0.29) is 12.5 Å². The van der Waals surface area contributed by atoms with Crippen LogP contribution in [0.15, 0.2) is 51.7 Å². The molecule has 116 valence electrons. The van der Waals surface area contributed by atoms with Gasteiger partial charge >= 0.3 is 5.76 Å². The van der Waals surface area contributed by atoms with Gasteiger partial charge in [-0.3, -0.25) is 9.36 Å². The first-order chi connectivity index (χ1) is 11.1. The predicted molar refractivity (Wildman–Crippen MR) is 88.0 cm³/mol. The van der Waals surface area contributed by atoms with Crippen molar-refractivity contribution in [3.05, 3.63) is 63.6 Å². The number of amides is 1. The lowest BCUT2D eigenvalue weighted by molar-refractivity contribution is -0.119. The van der Waals surface area contributed by atoms with Crippen LogP contribution >= 0.6 is 11.6 Å². The monoisotopic (exact) mass is 328 g/mol. The molecule has 0 fully saturated rings. The highest BCUT2D eigenvalue weighted by molar-refractivity contribution is 6.31. The number of benzene rings is 2. The van der Waals surface area contributed by atoms with Gasteiger partial charge in [0.15, 0.2) is 5.58 Å². The van der Waals surface area contributed by atoms with E-state index >= 15 is 0 Å². The number of hydrogen-bond donors (Lipinski definition) is 0. The van der Waals surface area contributed by atoms with Gasteiger partial charge in [-0.25, -0.2) is 4.79 Å². The highest BCUT2D eigenvalue weighted by atomic mass is 35.5. The SMILES string of the molecule is O=C(Cn1c(=O)oc2cc(Cl)ccc21)N1CCc2ccccc21. The third kappa shape index (κ3) is 2.33. The van der Waals surface area contributed by atoms with Gasteiger partial charge in [0, 0.05) is 23.3 Å². The van der Waals surface area contributed by atoms with Crippen molar-refractivity contribution in [1.29, 1.82) is 0 Å². The Morgan fingerprint density at radius 1 is 1.22 bits per heavy atom. The van der Waals surface area contributed by atoms with Crippen LogP contribution in [0.1, 0.15) is 5.56 Å². The quantitative estimate of drug-likeness (QED) is 0.727. The first-order valence-electron chi connectivity index (χ1n) is 7.30. The zero-order valence-electron chi connectivity index (χ0n) is 12.2. The smallest absolute Gasteiger partial charge is 0.408 e. The van der Waals surface area contributed by atoms with Gasteiger partial charge in [0.05, 0.1) is 5.52 Å². The van der Waals surface area contributed by atoms with Crippen molar-refractivity contribution in [2.24, 2.45) is 0 Å². The van der Waals surface area contributed by atoms with Crippen LogP contribution in [0.25, 0.3) is 11.1 Å². The van der Waals surface area contributed by atoms with E-state index in [4.69, 9.17) is 16.0 Å². The molecule has 1 aliphatic rings. The summed E-state index contributed by atoms with van der Waals surface area (Å²) in [5, 5.41) is 0.484. The summed E-state index contributed by atoms with van der Waals surface area (Å²) in [6.07, 6.45) is 0.832. The largest absolute Gasteiger partial charge is 0.420 e. The van der Waals surface area contributed by atoms with Crippen molar-refractivity contribution >= 4 is 34.3 Å². The van der Waals surface area contributed by atoms with E-state index < -0.39 is 5.76 Å². The van der Waals surface area contributed by atoms with E-state index in [0.717, 1.165) is 17.7 Å². The first kappa shape index (κ1) is 14.1. The number of halogens is 1. The third-order valence-corrected chi connectivity index (χ3v) is 4.35. The number of carbonyl (C=O) groups excluding carboxylic acids is 1. The lowest BCUT2D eigenvalue weighted by atomic mass is 10.2. The molecule has 0 radical (unpaired) electrons. The molecule has 2 heterocycles. The Hall–Kier alpha value is -2.53. The van der Waals surface area contributed by atoms with Crippen molar-refractivity contribution in [1.82, 2.24) is 4.57 Å². The normalized spacial score (nSPS) is 13.5. The zero-order valence-corrected chi connectivity index (χ0v) is 12.9. The standard InChI is InChI=1S/C17H13ClN2O3/c18-12-5-6-14-15(9-12)23-17(22)20(14)10-16(21)19-8-7-11-3-1-2-4-13(11)19/h1-6,9H,7-8,10H2. The molecular weight excluding hydrogens is 316 g/mol. The molecule has 4 rings (SSSR count). The summed E-state index contributed by atoms with van der Waals surface area (Å²) in [5.74, 6) is -0.683. The van der Waals surface area contributed by atoms with Crippen molar-refractivity contribution in [2.75, 3.05) is 11.4 Å². The third-order valence-electron chi connectivity index (χ3n) is 4.11. The van der Waals surface area contributed by atoms with Crippen LogP contribution in [0.4, 0.5) is 5.69 Å². The Labute approximate surface area is 136 Å². The van der Waals surface area contributed by atoms with E-state index in [2.05, 4.69) is 0 Å². The number of anilines is 1. The average molecular weight is 329 g/mol. The van der Waals surface area contributed by atoms with Gasteiger partial charge < -0.3 is 9.32 Å². The topological polar surface area (TPSA) is 55.5 Å². The number of fused-ring (bicyclic) bond motifs is 2. The number of nitrogens with zero attached hydrogens (tertiary/aromatic N) is 2. The van der Waals surface area contributed by atoms with Crippen molar-refractivity contribution in [3.63, 3.8) is 0 Å². The maximum atomic E-state index is 12.6. The molecule has 0 saturated carbocycles. The van der Waals surface area contributed by atoms with Crippen LogP contribution in [0.2, 0.25) is 5.02 Å². The fourth-order valence-electron chi connectivity index (χ4n) is 3.01. The Morgan fingerprint density at radius 2 is 2.04 bits per heavy atom. The van der Waals surface area contributed by atoms with Crippen LogP contribution in [0, 0.1) is 0 Å². The van der Waals surface area contributed by atoms with Gasteiger partial charge in [-0.2, -0.15) is 0 Å². The van der Waals surface area contributed by atoms with Crippen LogP contribution in [-0.4, -0.2) is 17.0 Å². The summed E-state index contributed by atoms with van der Waals surface area (Å²) in [6.45, 7) is 0.580. The fraction of sp³-hybridized carbons (Fsp3) is 0.176. The molecule has 5 nitrogen and oxygen atoms in total. The first-order valence-corrected chi connectivity index (χ1v) is 7.68. The van der Waals surface area contributed by atoms with Crippen LogP contribution in [-0.2, 0) is 17.8 Å². The lowest BCUT2D eigenvalue weighted by Crippen LogP contribution is -2.34. The van der Waals surface area contributed by atoms with Gasteiger partial charge in [-0.05, 0) is 30.2 Å². The second-order valence-electron chi connectivity index (χ2n) is 5.49. The Kier molecular flexibility index (Phi) is 3.23. The molecule has 0 spiro atoms. The van der Waals surface area contributed by atoms with E-state index in [1.54, 1.807) is 23.1 Å². The Balaban J connectivity index is 1.68. The number of oxazole rings is 1. The fourth-order valence-corrected chi connectivity index (χ4v) is 3.17. The molecule has 0 unspecified atom stereocenters. The Bertz CT molecular complexity index is 973. The van der Waals surface area contributed by atoms with Gasteiger partial charge in [0.25, 0.3) is 0 Å². The lowest BCUT2D eigenvalue weighted by Gasteiger charge is -2.17. The van der Waals surface area contributed by atoms with Gasteiger partial charge in [0.1, 0.15) is 6.54 Å². The highest BCUT2D eigenvalue weighted by Gasteiger charge is 2.25. The molecule has 0 aliphatic carbocycles. The molecule has 23 heavy (non-hydrogen) atoms. The number of carbonyl (C=O) groups is 1. The summed E-state index contributed by atoms with van der Waals surface area (Å²) >= 11 is 5.90. The second-order valence-corrected chi connectivity index (χ2v) is 5.93. The summed E-state index contributed by atoms with van der Waals surface area (Å²) in [7, 11) is 0. The average Bonchev–Trinajstić information content (AvgIpc) is 3.09. The van der Waals surface area contributed by atoms with Gasteiger partial charge in [0.2, 0.25) is 5.91 Å². The number of aromatic nitrogens is 1.